The van der Waals surface area contributed by atoms with E-state index >= 15 is 0 Å². The van der Waals surface area contributed by atoms with E-state index in [-0.39, 0.29) is 23.6 Å². The Labute approximate surface area is 180 Å². The molecule has 3 aromatic rings. The maximum Gasteiger partial charge on any atom is 0.226 e. The van der Waals surface area contributed by atoms with Gasteiger partial charge in [-0.2, -0.15) is 0 Å². The molecule has 1 aliphatic carbocycles. The van der Waals surface area contributed by atoms with E-state index in [1.165, 1.54) is 6.07 Å². The Morgan fingerprint density at radius 2 is 1.77 bits per heavy atom. The summed E-state index contributed by atoms with van der Waals surface area (Å²) in [6.07, 6.45) is 0.765. The van der Waals surface area contributed by atoms with Gasteiger partial charge in [-0.05, 0) is 24.0 Å². The molecule has 1 aliphatic heterocycles. The Morgan fingerprint density at radius 3 is 2.53 bits per heavy atom. The molecule has 0 spiro atoms. The van der Waals surface area contributed by atoms with E-state index < -0.39 is 0 Å². The van der Waals surface area contributed by atoms with Crippen LogP contribution in [-0.4, -0.2) is 46.9 Å². The lowest BCUT2D eigenvalue weighted by Crippen LogP contribution is -2.48. The summed E-state index contributed by atoms with van der Waals surface area (Å²) in [4.78, 5) is 21.9. The van der Waals surface area contributed by atoms with Crippen LogP contribution in [0.4, 0.5) is 4.39 Å². The first-order valence-corrected chi connectivity index (χ1v) is 11.3. The molecule has 1 saturated heterocycles. The number of rotatable bonds is 5. The highest BCUT2D eigenvalue weighted by Gasteiger charge is 2.47. The molecule has 5 rings (SSSR count). The summed E-state index contributed by atoms with van der Waals surface area (Å²) >= 11 is 1.68. The van der Waals surface area contributed by atoms with Crippen LogP contribution in [-0.2, 0) is 11.3 Å². The Morgan fingerprint density at radius 1 is 1.03 bits per heavy atom. The van der Waals surface area contributed by atoms with E-state index in [1.807, 2.05) is 35.2 Å². The predicted molar refractivity (Wildman–Crippen MR) is 117 cm³/mol. The highest BCUT2D eigenvalue weighted by Crippen LogP contribution is 2.49. The van der Waals surface area contributed by atoms with E-state index in [9.17, 15) is 9.18 Å². The second kappa shape index (κ2) is 8.28. The molecule has 2 fully saturated rings. The summed E-state index contributed by atoms with van der Waals surface area (Å²) < 4.78 is 14.0. The zero-order chi connectivity index (χ0) is 20.5. The number of aromatic nitrogens is 1. The van der Waals surface area contributed by atoms with Gasteiger partial charge >= 0.3 is 0 Å². The number of carbonyl (C=O) groups excluding carboxylic acids is 1. The van der Waals surface area contributed by atoms with E-state index in [0.29, 0.717) is 5.56 Å². The molecule has 0 bridgehead atoms. The van der Waals surface area contributed by atoms with Crippen molar-refractivity contribution in [2.24, 2.45) is 5.92 Å². The summed E-state index contributed by atoms with van der Waals surface area (Å²) in [5, 5.41) is 3.18. The molecular weight excluding hydrogens is 397 g/mol. The minimum atomic E-state index is -0.194. The van der Waals surface area contributed by atoms with Crippen molar-refractivity contribution < 1.29 is 9.18 Å². The van der Waals surface area contributed by atoms with Crippen LogP contribution in [0.15, 0.2) is 60.0 Å². The Hall–Kier alpha value is -2.57. The number of benzene rings is 2. The minimum absolute atomic E-state index is 0.0446. The van der Waals surface area contributed by atoms with Gasteiger partial charge in [0, 0.05) is 49.6 Å². The standard InChI is InChI=1S/C24H24FN3OS/c25-22-9-5-4-8-19(22)20-14-21(20)24(29)28-12-10-27(11-13-28)15-18-16-30-23(26-18)17-6-2-1-3-7-17/h1-9,16,20-21H,10-15H2. The monoisotopic (exact) mass is 421 g/mol. The molecule has 154 valence electrons. The van der Waals surface area contributed by atoms with Gasteiger partial charge in [-0.25, -0.2) is 9.37 Å². The maximum absolute atomic E-state index is 14.0. The molecule has 1 aromatic heterocycles. The fourth-order valence-corrected chi connectivity index (χ4v) is 5.09. The SMILES string of the molecule is O=C(C1CC1c1ccccc1F)N1CCN(Cc2csc(-c3ccccc3)n2)CC1. The number of hydrogen-bond acceptors (Lipinski definition) is 4. The van der Waals surface area contributed by atoms with Crippen LogP contribution in [0.3, 0.4) is 0 Å². The summed E-state index contributed by atoms with van der Waals surface area (Å²) in [6.45, 7) is 3.97. The van der Waals surface area contributed by atoms with E-state index in [0.717, 1.165) is 55.4 Å². The summed E-state index contributed by atoms with van der Waals surface area (Å²) in [6, 6.07) is 17.1. The highest BCUT2D eigenvalue weighted by molar-refractivity contribution is 7.13. The molecule has 2 aromatic carbocycles. The lowest BCUT2D eigenvalue weighted by molar-refractivity contribution is -0.134. The number of hydrogen-bond donors (Lipinski definition) is 0. The van der Waals surface area contributed by atoms with Crippen LogP contribution in [0.2, 0.25) is 0 Å². The van der Waals surface area contributed by atoms with Crippen molar-refractivity contribution in [3.05, 3.63) is 77.1 Å². The number of halogens is 1. The van der Waals surface area contributed by atoms with Gasteiger partial charge in [0.2, 0.25) is 5.91 Å². The zero-order valence-corrected chi connectivity index (χ0v) is 17.5. The van der Waals surface area contributed by atoms with Gasteiger partial charge in [0.05, 0.1) is 5.69 Å². The molecule has 2 aliphatic rings. The van der Waals surface area contributed by atoms with Gasteiger partial charge in [-0.3, -0.25) is 9.69 Å². The Balaban J connectivity index is 1.13. The number of thiazole rings is 1. The molecule has 1 amide bonds. The second-order valence-electron chi connectivity index (χ2n) is 8.08. The summed E-state index contributed by atoms with van der Waals surface area (Å²) in [5.41, 5.74) is 2.92. The molecule has 4 nitrogen and oxygen atoms in total. The summed E-state index contributed by atoms with van der Waals surface area (Å²) in [5.74, 6) is -0.0211. The van der Waals surface area contributed by atoms with Crippen molar-refractivity contribution in [1.29, 1.82) is 0 Å². The van der Waals surface area contributed by atoms with Crippen molar-refractivity contribution in [2.75, 3.05) is 26.2 Å². The fourth-order valence-electron chi connectivity index (χ4n) is 4.27. The van der Waals surface area contributed by atoms with Gasteiger partial charge in [0.1, 0.15) is 10.8 Å². The third kappa shape index (κ3) is 4.02. The van der Waals surface area contributed by atoms with Gasteiger partial charge < -0.3 is 4.90 Å². The minimum Gasteiger partial charge on any atom is -0.340 e. The quantitative estimate of drug-likeness (QED) is 0.613. The zero-order valence-electron chi connectivity index (χ0n) is 16.7. The van der Waals surface area contributed by atoms with Crippen molar-refractivity contribution in [3.8, 4) is 10.6 Å². The molecule has 30 heavy (non-hydrogen) atoms. The van der Waals surface area contributed by atoms with E-state index in [1.54, 1.807) is 17.4 Å². The smallest absolute Gasteiger partial charge is 0.226 e. The number of amides is 1. The average Bonchev–Trinajstić information content (AvgIpc) is 3.44. The largest absolute Gasteiger partial charge is 0.340 e. The van der Waals surface area contributed by atoms with Gasteiger partial charge in [0.15, 0.2) is 0 Å². The molecule has 1 saturated carbocycles. The number of piperazine rings is 1. The van der Waals surface area contributed by atoms with Crippen LogP contribution in [0.25, 0.3) is 10.6 Å². The molecule has 2 unspecified atom stereocenters. The topological polar surface area (TPSA) is 36.4 Å². The molecular formula is C24H24FN3OS. The number of carbonyl (C=O) groups is 1. The van der Waals surface area contributed by atoms with Crippen LogP contribution < -0.4 is 0 Å². The first-order valence-electron chi connectivity index (χ1n) is 10.4. The van der Waals surface area contributed by atoms with Crippen LogP contribution >= 0.6 is 11.3 Å². The fraction of sp³-hybridized carbons (Fsp3) is 0.333. The van der Waals surface area contributed by atoms with Crippen LogP contribution in [0.5, 0.6) is 0 Å². The van der Waals surface area contributed by atoms with Crippen molar-refractivity contribution in [3.63, 3.8) is 0 Å². The normalized spacial score (nSPS) is 21.6. The van der Waals surface area contributed by atoms with Crippen LogP contribution in [0, 0.1) is 11.7 Å². The molecule has 6 heteroatoms. The first-order chi connectivity index (χ1) is 14.7. The molecule has 0 N–H and O–H groups in total. The van der Waals surface area contributed by atoms with E-state index in [4.69, 9.17) is 4.98 Å². The van der Waals surface area contributed by atoms with Crippen molar-refractivity contribution in [2.45, 2.75) is 18.9 Å². The number of nitrogens with zero attached hydrogens (tertiary/aromatic N) is 3. The van der Waals surface area contributed by atoms with Gasteiger partial charge in [-0.15, -0.1) is 11.3 Å². The third-order valence-corrected chi connectivity index (χ3v) is 6.99. The average molecular weight is 422 g/mol. The van der Waals surface area contributed by atoms with Crippen molar-refractivity contribution >= 4 is 17.2 Å². The predicted octanol–water partition coefficient (Wildman–Crippen LogP) is 4.40. The maximum atomic E-state index is 14.0. The second-order valence-corrected chi connectivity index (χ2v) is 8.94. The van der Waals surface area contributed by atoms with Gasteiger partial charge in [0.25, 0.3) is 0 Å². The molecule has 2 heterocycles. The van der Waals surface area contributed by atoms with Gasteiger partial charge in [-0.1, -0.05) is 48.5 Å². The van der Waals surface area contributed by atoms with Crippen molar-refractivity contribution in [1.82, 2.24) is 14.8 Å². The lowest BCUT2D eigenvalue weighted by Gasteiger charge is -2.34. The summed E-state index contributed by atoms with van der Waals surface area (Å²) in [7, 11) is 0. The molecule has 2 atom stereocenters. The Bertz CT molecular complexity index is 1030. The first kappa shape index (κ1) is 19.4. The van der Waals surface area contributed by atoms with Crippen LogP contribution in [0.1, 0.15) is 23.6 Å². The van der Waals surface area contributed by atoms with E-state index in [2.05, 4.69) is 22.4 Å². The lowest BCUT2D eigenvalue weighted by atomic mass is 10.1. The third-order valence-electron chi connectivity index (χ3n) is 6.05. The highest BCUT2D eigenvalue weighted by atomic mass is 32.1. The molecule has 0 radical (unpaired) electrons. The Kier molecular flexibility index (Phi) is 5.35.